The van der Waals surface area contributed by atoms with E-state index >= 15 is 0 Å². The van der Waals surface area contributed by atoms with E-state index < -0.39 is 5.54 Å². The van der Waals surface area contributed by atoms with Gasteiger partial charge < -0.3 is 15.0 Å². The molecule has 0 aliphatic heterocycles. The van der Waals surface area contributed by atoms with Crippen molar-refractivity contribution in [1.82, 2.24) is 10.2 Å². The molecule has 0 aromatic heterocycles. The predicted octanol–water partition coefficient (Wildman–Crippen LogP) is 1.79. The van der Waals surface area contributed by atoms with Crippen molar-refractivity contribution in [3.63, 3.8) is 0 Å². The number of rotatable bonds is 7. The molecule has 0 radical (unpaired) electrons. The van der Waals surface area contributed by atoms with E-state index in [-0.39, 0.29) is 5.97 Å². The van der Waals surface area contributed by atoms with Crippen LogP contribution < -0.4 is 5.32 Å². The van der Waals surface area contributed by atoms with Crippen LogP contribution in [0.25, 0.3) is 0 Å². The predicted molar refractivity (Wildman–Crippen MR) is 73.6 cm³/mol. The van der Waals surface area contributed by atoms with Crippen LogP contribution in [0, 0.1) is 0 Å². The smallest absolute Gasteiger partial charge is 0.326 e. The van der Waals surface area contributed by atoms with Gasteiger partial charge in [0.05, 0.1) is 6.61 Å². The second-order valence-electron chi connectivity index (χ2n) is 5.20. The first-order valence-corrected chi connectivity index (χ1v) is 7.22. The van der Waals surface area contributed by atoms with Crippen LogP contribution in [0.1, 0.15) is 46.5 Å². The van der Waals surface area contributed by atoms with Crippen molar-refractivity contribution in [2.24, 2.45) is 0 Å². The highest BCUT2D eigenvalue weighted by Crippen LogP contribution is 2.33. The largest absolute Gasteiger partial charge is 0.465 e. The molecule has 0 aromatic rings. The molecule has 1 aliphatic carbocycles. The van der Waals surface area contributed by atoms with Crippen LogP contribution in [0.5, 0.6) is 0 Å². The summed E-state index contributed by atoms with van der Waals surface area (Å²) >= 11 is 0. The standard InChI is InChI=1S/C14H28N2O2/c1-5-10-15-14(13(17)18-7-3)9-8-12(11-14)16(4)6-2/h12,15H,5-11H2,1-4H3. The Morgan fingerprint density at radius 2 is 2.17 bits per heavy atom. The van der Waals surface area contributed by atoms with Gasteiger partial charge in [0.2, 0.25) is 0 Å². The monoisotopic (exact) mass is 256 g/mol. The van der Waals surface area contributed by atoms with Crippen molar-refractivity contribution in [1.29, 1.82) is 0 Å². The molecular weight excluding hydrogens is 228 g/mol. The number of hydrogen-bond donors (Lipinski definition) is 1. The summed E-state index contributed by atoms with van der Waals surface area (Å²) in [5.74, 6) is -0.0644. The highest BCUT2D eigenvalue weighted by atomic mass is 16.5. The van der Waals surface area contributed by atoms with Gasteiger partial charge in [0.1, 0.15) is 5.54 Å². The molecule has 1 N–H and O–H groups in total. The zero-order chi connectivity index (χ0) is 13.6. The third-order valence-corrected chi connectivity index (χ3v) is 3.99. The number of hydrogen-bond acceptors (Lipinski definition) is 4. The molecule has 4 heteroatoms. The van der Waals surface area contributed by atoms with E-state index in [0.29, 0.717) is 12.6 Å². The van der Waals surface area contributed by atoms with Gasteiger partial charge >= 0.3 is 5.97 Å². The summed E-state index contributed by atoms with van der Waals surface area (Å²) in [4.78, 5) is 14.6. The molecule has 0 heterocycles. The minimum Gasteiger partial charge on any atom is -0.465 e. The van der Waals surface area contributed by atoms with Gasteiger partial charge in [-0.25, -0.2) is 0 Å². The summed E-state index contributed by atoms with van der Waals surface area (Å²) in [5, 5.41) is 3.44. The van der Waals surface area contributed by atoms with Gasteiger partial charge in [-0.15, -0.1) is 0 Å². The van der Waals surface area contributed by atoms with Gasteiger partial charge in [-0.05, 0) is 52.7 Å². The number of esters is 1. The van der Waals surface area contributed by atoms with Crippen molar-refractivity contribution in [3.05, 3.63) is 0 Å². The number of ether oxygens (including phenoxy) is 1. The third kappa shape index (κ3) is 3.45. The van der Waals surface area contributed by atoms with Crippen LogP contribution in [0.15, 0.2) is 0 Å². The molecule has 0 bridgehead atoms. The van der Waals surface area contributed by atoms with Gasteiger partial charge in [-0.3, -0.25) is 4.79 Å². The molecule has 0 spiro atoms. The Hall–Kier alpha value is -0.610. The molecule has 0 aromatic carbocycles. The molecular formula is C14H28N2O2. The lowest BCUT2D eigenvalue weighted by molar-refractivity contribution is -0.151. The Bertz CT molecular complexity index is 271. The summed E-state index contributed by atoms with van der Waals surface area (Å²) in [6.45, 7) is 8.51. The molecule has 106 valence electrons. The molecule has 0 amide bonds. The molecule has 0 saturated heterocycles. The Kier molecular flexibility index (Phi) is 6.09. The molecule has 1 aliphatic rings. The first-order valence-electron chi connectivity index (χ1n) is 7.22. The quantitative estimate of drug-likeness (QED) is 0.705. The zero-order valence-corrected chi connectivity index (χ0v) is 12.3. The van der Waals surface area contributed by atoms with Crippen molar-refractivity contribution in [2.45, 2.75) is 58.0 Å². The van der Waals surface area contributed by atoms with Crippen LogP contribution >= 0.6 is 0 Å². The van der Waals surface area contributed by atoms with Crippen molar-refractivity contribution >= 4 is 5.97 Å². The minimum atomic E-state index is -0.444. The molecule has 1 saturated carbocycles. The normalized spacial score (nSPS) is 27.7. The summed E-state index contributed by atoms with van der Waals surface area (Å²) in [7, 11) is 2.13. The highest BCUT2D eigenvalue weighted by molar-refractivity contribution is 5.81. The fourth-order valence-electron chi connectivity index (χ4n) is 2.71. The second kappa shape index (κ2) is 7.10. The van der Waals surface area contributed by atoms with Crippen LogP contribution in [-0.4, -0.2) is 49.2 Å². The first-order chi connectivity index (χ1) is 8.59. The van der Waals surface area contributed by atoms with Gasteiger partial charge in [0.25, 0.3) is 0 Å². The topological polar surface area (TPSA) is 41.6 Å². The molecule has 4 nitrogen and oxygen atoms in total. The maximum atomic E-state index is 12.2. The van der Waals surface area contributed by atoms with Crippen molar-refractivity contribution < 1.29 is 9.53 Å². The average Bonchev–Trinajstić information content (AvgIpc) is 2.81. The van der Waals surface area contributed by atoms with E-state index in [1.807, 2.05) is 6.92 Å². The summed E-state index contributed by atoms with van der Waals surface area (Å²) in [5.41, 5.74) is -0.444. The van der Waals surface area contributed by atoms with E-state index in [1.54, 1.807) is 0 Å². The third-order valence-electron chi connectivity index (χ3n) is 3.99. The molecule has 18 heavy (non-hydrogen) atoms. The number of nitrogens with one attached hydrogen (secondary N) is 1. The summed E-state index contributed by atoms with van der Waals surface area (Å²) in [6.07, 6.45) is 3.87. The fraction of sp³-hybridized carbons (Fsp3) is 0.929. The van der Waals surface area contributed by atoms with E-state index in [2.05, 4.69) is 31.1 Å². The number of nitrogens with zero attached hydrogens (tertiary/aromatic N) is 1. The van der Waals surface area contributed by atoms with E-state index in [4.69, 9.17) is 4.74 Å². The van der Waals surface area contributed by atoms with Crippen molar-refractivity contribution in [3.8, 4) is 0 Å². The van der Waals surface area contributed by atoms with Crippen LogP contribution in [-0.2, 0) is 9.53 Å². The Labute approximate surface area is 111 Å². The first kappa shape index (κ1) is 15.4. The average molecular weight is 256 g/mol. The Balaban J connectivity index is 2.71. The second-order valence-corrected chi connectivity index (χ2v) is 5.20. The lowest BCUT2D eigenvalue weighted by Gasteiger charge is -2.30. The van der Waals surface area contributed by atoms with Gasteiger partial charge in [0, 0.05) is 6.04 Å². The molecule has 2 atom stereocenters. The minimum absolute atomic E-state index is 0.0644. The maximum absolute atomic E-state index is 12.2. The van der Waals surface area contributed by atoms with Gasteiger partial charge in [0.15, 0.2) is 0 Å². The number of carbonyl (C=O) groups excluding carboxylic acids is 1. The molecule has 1 fully saturated rings. The van der Waals surface area contributed by atoms with Crippen LogP contribution in [0.3, 0.4) is 0 Å². The van der Waals surface area contributed by atoms with Gasteiger partial charge in [-0.1, -0.05) is 13.8 Å². The van der Waals surface area contributed by atoms with Crippen molar-refractivity contribution in [2.75, 3.05) is 26.7 Å². The Morgan fingerprint density at radius 1 is 1.44 bits per heavy atom. The maximum Gasteiger partial charge on any atom is 0.326 e. The Morgan fingerprint density at radius 3 is 2.72 bits per heavy atom. The number of carbonyl (C=O) groups is 1. The van der Waals surface area contributed by atoms with E-state index in [1.165, 1.54) is 0 Å². The SMILES string of the molecule is CCCNC1(C(=O)OCC)CCC(N(C)CC)C1. The van der Waals surface area contributed by atoms with E-state index in [0.717, 1.165) is 38.8 Å². The summed E-state index contributed by atoms with van der Waals surface area (Å²) in [6, 6.07) is 0.490. The summed E-state index contributed by atoms with van der Waals surface area (Å²) < 4.78 is 5.27. The molecule has 2 unspecified atom stereocenters. The van der Waals surface area contributed by atoms with Crippen LogP contribution in [0.2, 0.25) is 0 Å². The zero-order valence-electron chi connectivity index (χ0n) is 12.3. The fourth-order valence-corrected chi connectivity index (χ4v) is 2.71. The lowest BCUT2D eigenvalue weighted by Crippen LogP contribution is -2.52. The van der Waals surface area contributed by atoms with Crippen LogP contribution in [0.4, 0.5) is 0 Å². The van der Waals surface area contributed by atoms with Gasteiger partial charge in [-0.2, -0.15) is 0 Å². The lowest BCUT2D eigenvalue weighted by atomic mass is 9.97. The molecule has 1 rings (SSSR count). The highest BCUT2D eigenvalue weighted by Gasteiger charge is 2.46. The van der Waals surface area contributed by atoms with E-state index in [9.17, 15) is 4.79 Å².